The molecule has 1 N–H and O–H groups in total. The van der Waals surface area contributed by atoms with Crippen molar-refractivity contribution in [1.82, 2.24) is 4.98 Å². The van der Waals surface area contributed by atoms with Gasteiger partial charge in [-0.3, -0.25) is 9.78 Å². The van der Waals surface area contributed by atoms with E-state index in [1.165, 1.54) is 17.5 Å². The van der Waals surface area contributed by atoms with Gasteiger partial charge in [-0.15, -0.1) is 11.3 Å². The molecule has 7 heteroatoms. The molecule has 23 heavy (non-hydrogen) atoms. The molecule has 0 unspecified atom stereocenters. The lowest BCUT2D eigenvalue weighted by molar-refractivity contribution is 0.0527. The summed E-state index contributed by atoms with van der Waals surface area (Å²) in [5.74, 6) is -0.268. The molecule has 0 saturated heterocycles. The van der Waals surface area contributed by atoms with Gasteiger partial charge >= 0.3 is 5.97 Å². The number of aromatic nitrogens is 1. The standard InChI is InChI=1S/C16H15BrN2O3S/c1-2-22-16(21)13-12(9-3-4-9)8-23-15(13)19-14(20)10-5-11(17)7-18-6-10/h5-9H,2-4H2,1H3,(H,19,20). The number of anilines is 1. The Balaban J connectivity index is 1.87. The Morgan fingerprint density at radius 1 is 1.43 bits per heavy atom. The summed E-state index contributed by atoms with van der Waals surface area (Å²) in [6, 6.07) is 1.68. The normalized spacial score (nSPS) is 13.7. The summed E-state index contributed by atoms with van der Waals surface area (Å²) in [6.07, 6.45) is 5.24. The van der Waals surface area contributed by atoms with Crippen molar-refractivity contribution in [2.45, 2.75) is 25.7 Å². The SMILES string of the molecule is CCOC(=O)c1c(C2CC2)csc1NC(=O)c1cncc(Br)c1. The average Bonchev–Trinajstić information content (AvgIpc) is 3.28. The molecule has 0 radical (unpaired) electrons. The molecule has 1 saturated carbocycles. The largest absolute Gasteiger partial charge is 0.462 e. The van der Waals surface area contributed by atoms with Crippen LogP contribution in [0.5, 0.6) is 0 Å². The van der Waals surface area contributed by atoms with Gasteiger partial charge in [0.2, 0.25) is 0 Å². The van der Waals surface area contributed by atoms with Crippen LogP contribution in [0.1, 0.15) is 52.0 Å². The zero-order valence-corrected chi connectivity index (χ0v) is 14.9. The minimum absolute atomic E-state index is 0.298. The molecular weight excluding hydrogens is 380 g/mol. The second-order valence-corrected chi connectivity index (χ2v) is 7.03. The van der Waals surface area contributed by atoms with Crippen molar-refractivity contribution in [2.24, 2.45) is 0 Å². The number of hydrogen-bond donors (Lipinski definition) is 1. The Morgan fingerprint density at radius 2 is 2.22 bits per heavy atom. The summed E-state index contributed by atoms with van der Waals surface area (Å²) in [5, 5.41) is 5.29. The van der Waals surface area contributed by atoms with Crippen LogP contribution in [-0.4, -0.2) is 23.5 Å². The average molecular weight is 395 g/mol. The highest BCUT2D eigenvalue weighted by molar-refractivity contribution is 9.10. The van der Waals surface area contributed by atoms with Crippen LogP contribution < -0.4 is 5.32 Å². The lowest BCUT2D eigenvalue weighted by Crippen LogP contribution is -2.15. The lowest BCUT2D eigenvalue weighted by Gasteiger charge is -2.08. The second kappa shape index (κ2) is 6.80. The van der Waals surface area contributed by atoms with Crippen molar-refractivity contribution in [2.75, 3.05) is 11.9 Å². The molecule has 120 valence electrons. The number of nitrogens with one attached hydrogen (secondary N) is 1. The van der Waals surface area contributed by atoms with E-state index in [4.69, 9.17) is 4.74 Å². The summed E-state index contributed by atoms with van der Waals surface area (Å²) in [4.78, 5) is 28.6. The fourth-order valence-electron chi connectivity index (χ4n) is 2.28. The Hall–Kier alpha value is -1.73. The molecule has 2 aromatic rings. The summed E-state index contributed by atoms with van der Waals surface area (Å²) in [6.45, 7) is 2.08. The van der Waals surface area contributed by atoms with Gasteiger partial charge in [-0.25, -0.2) is 4.79 Å². The number of ether oxygens (including phenoxy) is 1. The van der Waals surface area contributed by atoms with Crippen LogP contribution in [0.4, 0.5) is 5.00 Å². The number of esters is 1. The van der Waals surface area contributed by atoms with Crippen molar-refractivity contribution in [3.63, 3.8) is 0 Å². The van der Waals surface area contributed by atoms with Crippen molar-refractivity contribution < 1.29 is 14.3 Å². The van der Waals surface area contributed by atoms with Crippen molar-refractivity contribution in [1.29, 1.82) is 0 Å². The van der Waals surface area contributed by atoms with Crippen molar-refractivity contribution in [3.05, 3.63) is 45.0 Å². The maximum absolute atomic E-state index is 12.4. The third-order valence-electron chi connectivity index (χ3n) is 3.51. The summed E-state index contributed by atoms with van der Waals surface area (Å²) >= 11 is 4.65. The molecule has 1 aliphatic rings. The van der Waals surface area contributed by atoms with E-state index in [2.05, 4.69) is 26.2 Å². The Kier molecular flexibility index (Phi) is 4.77. The number of halogens is 1. The van der Waals surface area contributed by atoms with Crippen molar-refractivity contribution >= 4 is 44.1 Å². The minimum atomic E-state index is -0.377. The molecule has 5 nitrogen and oxygen atoms in total. The predicted molar refractivity (Wildman–Crippen MR) is 92.1 cm³/mol. The molecule has 0 aromatic carbocycles. The quantitative estimate of drug-likeness (QED) is 0.770. The smallest absolute Gasteiger partial charge is 0.341 e. The lowest BCUT2D eigenvalue weighted by atomic mass is 10.1. The zero-order chi connectivity index (χ0) is 16.4. The molecule has 1 aliphatic carbocycles. The first kappa shape index (κ1) is 16.1. The highest BCUT2D eigenvalue weighted by atomic mass is 79.9. The van der Waals surface area contributed by atoms with Crippen LogP contribution in [0.2, 0.25) is 0 Å². The summed E-state index contributed by atoms with van der Waals surface area (Å²) in [5.41, 5.74) is 1.90. The van der Waals surface area contributed by atoms with E-state index in [0.29, 0.717) is 28.7 Å². The monoisotopic (exact) mass is 394 g/mol. The van der Waals surface area contributed by atoms with Crippen LogP contribution in [0, 0.1) is 0 Å². The number of carbonyl (C=O) groups excluding carboxylic acids is 2. The van der Waals surface area contributed by atoms with E-state index in [-0.39, 0.29) is 11.9 Å². The molecule has 2 heterocycles. The van der Waals surface area contributed by atoms with E-state index >= 15 is 0 Å². The fraction of sp³-hybridized carbons (Fsp3) is 0.312. The van der Waals surface area contributed by atoms with Crippen LogP contribution >= 0.6 is 27.3 Å². The fourth-order valence-corrected chi connectivity index (χ4v) is 3.67. The summed E-state index contributed by atoms with van der Waals surface area (Å²) < 4.78 is 5.87. The van der Waals surface area contributed by atoms with Gasteiger partial charge in [0.15, 0.2) is 0 Å². The highest BCUT2D eigenvalue weighted by Crippen LogP contribution is 2.46. The number of thiophene rings is 1. The third kappa shape index (κ3) is 3.61. The Labute approximate surface area is 146 Å². The van der Waals surface area contributed by atoms with E-state index in [9.17, 15) is 9.59 Å². The molecule has 0 bridgehead atoms. The number of pyridine rings is 1. The molecule has 2 aromatic heterocycles. The zero-order valence-electron chi connectivity index (χ0n) is 12.5. The first-order chi connectivity index (χ1) is 11.1. The molecule has 0 spiro atoms. The maximum Gasteiger partial charge on any atom is 0.341 e. The van der Waals surface area contributed by atoms with Gasteiger partial charge in [0, 0.05) is 16.9 Å². The third-order valence-corrected chi connectivity index (χ3v) is 4.86. The molecule has 1 amide bonds. The Morgan fingerprint density at radius 3 is 2.87 bits per heavy atom. The van der Waals surface area contributed by atoms with Crippen LogP contribution in [-0.2, 0) is 4.74 Å². The van der Waals surface area contributed by atoms with Crippen LogP contribution in [0.15, 0.2) is 28.3 Å². The Bertz CT molecular complexity index is 756. The van der Waals surface area contributed by atoms with Crippen molar-refractivity contribution in [3.8, 4) is 0 Å². The second-order valence-electron chi connectivity index (χ2n) is 5.24. The molecule has 1 fully saturated rings. The topological polar surface area (TPSA) is 68.3 Å². The van der Waals surface area contributed by atoms with E-state index < -0.39 is 0 Å². The van der Waals surface area contributed by atoms with Gasteiger partial charge in [-0.05, 0) is 58.6 Å². The minimum Gasteiger partial charge on any atom is -0.462 e. The van der Waals surface area contributed by atoms with Crippen LogP contribution in [0.3, 0.4) is 0 Å². The first-order valence-electron chi connectivity index (χ1n) is 7.30. The van der Waals surface area contributed by atoms with Gasteiger partial charge in [0.05, 0.1) is 17.7 Å². The van der Waals surface area contributed by atoms with E-state index in [1.54, 1.807) is 19.2 Å². The van der Waals surface area contributed by atoms with Gasteiger partial charge in [0.1, 0.15) is 5.00 Å². The molecule has 0 aliphatic heterocycles. The maximum atomic E-state index is 12.4. The number of hydrogen-bond acceptors (Lipinski definition) is 5. The predicted octanol–water partition coefficient (Wildman–Crippen LogP) is 4.21. The van der Waals surface area contributed by atoms with Crippen LogP contribution in [0.25, 0.3) is 0 Å². The number of amides is 1. The molecular formula is C16H15BrN2O3S. The van der Waals surface area contributed by atoms with Gasteiger partial charge < -0.3 is 10.1 Å². The number of carbonyl (C=O) groups is 2. The molecule has 0 atom stereocenters. The highest BCUT2D eigenvalue weighted by Gasteiger charge is 2.32. The van der Waals surface area contributed by atoms with Gasteiger partial charge in [0.25, 0.3) is 5.91 Å². The van der Waals surface area contributed by atoms with E-state index in [1.807, 2.05) is 5.38 Å². The number of nitrogens with zero attached hydrogens (tertiary/aromatic N) is 1. The number of rotatable bonds is 5. The van der Waals surface area contributed by atoms with E-state index in [0.717, 1.165) is 22.9 Å². The first-order valence-corrected chi connectivity index (χ1v) is 8.97. The van der Waals surface area contributed by atoms with Gasteiger partial charge in [-0.1, -0.05) is 0 Å². The molecule has 3 rings (SSSR count). The summed E-state index contributed by atoms with van der Waals surface area (Å²) in [7, 11) is 0. The van der Waals surface area contributed by atoms with Gasteiger partial charge in [-0.2, -0.15) is 0 Å².